The van der Waals surface area contributed by atoms with E-state index in [1.807, 2.05) is 7.05 Å². The van der Waals surface area contributed by atoms with Crippen LogP contribution in [0, 0.1) is 6.92 Å². The van der Waals surface area contributed by atoms with Gasteiger partial charge in [-0.3, -0.25) is 4.90 Å². The van der Waals surface area contributed by atoms with Crippen LogP contribution < -0.4 is 10.2 Å². The molecule has 1 heterocycles. The van der Waals surface area contributed by atoms with Crippen LogP contribution in [0.2, 0.25) is 0 Å². The molecule has 0 aliphatic carbocycles. The Labute approximate surface area is 125 Å². The maximum Gasteiger partial charge on any atom is 0.0542 e. The van der Waals surface area contributed by atoms with Crippen molar-refractivity contribution in [2.75, 3.05) is 38.6 Å². The first-order valence-corrected chi connectivity index (χ1v) is 7.70. The largest absolute Gasteiger partial charge is 0.364 e. The molecule has 1 aromatic carbocycles. The van der Waals surface area contributed by atoms with Crippen molar-refractivity contribution in [3.05, 3.63) is 28.2 Å². The van der Waals surface area contributed by atoms with Gasteiger partial charge in [-0.25, -0.2) is 0 Å². The molecule has 0 spiro atoms. The number of anilines is 1. The second kappa shape index (κ2) is 6.25. The summed E-state index contributed by atoms with van der Waals surface area (Å²) in [4.78, 5) is 4.98. The molecule has 0 bridgehead atoms. The zero-order valence-electron chi connectivity index (χ0n) is 12.3. The number of halogens is 1. The fourth-order valence-corrected chi connectivity index (χ4v) is 3.46. The molecular weight excluding hydrogens is 302 g/mol. The van der Waals surface area contributed by atoms with Crippen molar-refractivity contribution >= 4 is 21.6 Å². The van der Waals surface area contributed by atoms with Gasteiger partial charge < -0.3 is 10.2 Å². The number of aryl methyl sites for hydroxylation is 1. The smallest absolute Gasteiger partial charge is 0.0542 e. The molecule has 2 atom stereocenters. The summed E-state index contributed by atoms with van der Waals surface area (Å²) in [6, 6.07) is 7.74. The normalized spacial score (nSPS) is 24.8. The lowest BCUT2D eigenvalue weighted by molar-refractivity contribution is 0.198. The molecule has 0 saturated carbocycles. The van der Waals surface area contributed by atoms with Gasteiger partial charge in [0.05, 0.1) is 11.7 Å². The first-order chi connectivity index (χ1) is 9.02. The van der Waals surface area contributed by atoms with Crippen LogP contribution in [-0.4, -0.2) is 50.7 Å². The van der Waals surface area contributed by atoms with Crippen LogP contribution in [-0.2, 0) is 0 Å². The number of nitrogens with one attached hydrogen (secondary N) is 1. The van der Waals surface area contributed by atoms with E-state index >= 15 is 0 Å². The van der Waals surface area contributed by atoms with E-state index in [9.17, 15) is 0 Å². The van der Waals surface area contributed by atoms with Gasteiger partial charge in [0.1, 0.15) is 0 Å². The SMILES string of the molecule is CNCC1CN(C)C(C)CN1c1ccc(C)cc1Br. The van der Waals surface area contributed by atoms with Crippen molar-refractivity contribution in [3.63, 3.8) is 0 Å². The molecule has 1 saturated heterocycles. The summed E-state index contributed by atoms with van der Waals surface area (Å²) in [7, 11) is 4.25. The van der Waals surface area contributed by atoms with Gasteiger partial charge in [-0.1, -0.05) is 6.07 Å². The number of hydrogen-bond acceptors (Lipinski definition) is 3. The van der Waals surface area contributed by atoms with Gasteiger partial charge in [0, 0.05) is 30.1 Å². The highest BCUT2D eigenvalue weighted by Gasteiger charge is 2.30. The minimum absolute atomic E-state index is 0.519. The number of rotatable bonds is 3. The van der Waals surface area contributed by atoms with Crippen LogP contribution >= 0.6 is 15.9 Å². The third-order valence-corrected chi connectivity index (χ3v) is 4.64. The zero-order valence-corrected chi connectivity index (χ0v) is 13.9. The summed E-state index contributed by atoms with van der Waals surface area (Å²) >= 11 is 3.72. The molecule has 106 valence electrons. The Morgan fingerprint density at radius 3 is 2.74 bits per heavy atom. The summed E-state index contributed by atoms with van der Waals surface area (Å²) in [5, 5.41) is 3.32. The van der Waals surface area contributed by atoms with Gasteiger partial charge >= 0.3 is 0 Å². The maximum absolute atomic E-state index is 3.72. The van der Waals surface area contributed by atoms with Gasteiger partial charge in [0.15, 0.2) is 0 Å². The maximum atomic E-state index is 3.72. The Morgan fingerprint density at radius 2 is 2.11 bits per heavy atom. The molecule has 0 amide bonds. The first-order valence-electron chi connectivity index (χ1n) is 6.90. The van der Waals surface area contributed by atoms with Gasteiger partial charge in [0.2, 0.25) is 0 Å². The van der Waals surface area contributed by atoms with E-state index in [1.54, 1.807) is 0 Å². The van der Waals surface area contributed by atoms with Crippen LogP contribution in [0.1, 0.15) is 12.5 Å². The lowest BCUT2D eigenvalue weighted by Gasteiger charge is -2.45. The van der Waals surface area contributed by atoms with Crippen molar-refractivity contribution in [2.45, 2.75) is 25.9 Å². The van der Waals surface area contributed by atoms with Crippen molar-refractivity contribution in [1.29, 1.82) is 0 Å². The van der Waals surface area contributed by atoms with Crippen molar-refractivity contribution in [2.24, 2.45) is 0 Å². The monoisotopic (exact) mass is 325 g/mol. The van der Waals surface area contributed by atoms with Crippen LogP contribution in [0.5, 0.6) is 0 Å². The highest BCUT2D eigenvalue weighted by Crippen LogP contribution is 2.31. The average molecular weight is 326 g/mol. The molecule has 19 heavy (non-hydrogen) atoms. The molecular formula is C15H24BrN3. The quantitative estimate of drug-likeness (QED) is 0.921. The Kier molecular flexibility index (Phi) is 4.87. The summed E-state index contributed by atoms with van der Waals surface area (Å²) < 4.78 is 1.20. The Balaban J connectivity index is 2.28. The molecule has 1 N–H and O–H groups in total. The van der Waals surface area contributed by atoms with E-state index in [4.69, 9.17) is 0 Å². The van der Waals surface area contributed by atoms with E-state index in [-0.39, 0.29) is 0 Å². The fraction of sp³-hybridized carbons (Fsp3) is 0.600. The van der Waals surface area contributed by atoms with Crippen LogP contribution in [0.4, 0.5) is 5.69 Å². The van der Waals surface area contributed by atoms with E-state index < -0.39 is 0 Å². The standard InChI is InChI=1S/C15H24BrN3/c1-11-5-6-15(14(16)7-11)19-9-12(2)18(4)10-13(19)8-17-3/h5-7,12-13,17H,8-10H2,1-4H3. The molecule has 1 aliphatic heterocycles. The lowest BCUT2D eigenvalue weighted by atomic mass is 10.1. The number of piperazine rings is 1. The summed E-state index contributed by atoms with van der Waals surface area (Å²) in [6.07, 6.45) is 0. The summed E-state index contributed by atoms with van der Waals surface area (Å²) in [5.41, 5.74) is 2.61. The van der Waals surface area contributed by atoms with Gasteiger partial charge in [-0.15, -0.1) is 0 Å². The van der Waals surface area contributed by atoms with Crippen molar-refractivity contribution < 1.29 is 0 Å². The predicted octanol–water partition coefficient (Wildman–Crippen LogP) is 2.49. The Bertz CT molecular complexity index is 435. The van der Waals surface area contributed by atoms with E-state index in [0.717, 1.165) is 19.6 Å². The molecule has 0 radical (unpaired) electrons. The molecule has 1 fully saturated rings. The number of likely N-dealkylation sites (N-methyl/N-ethyl adjacent to an activating group) is 2. The van der Waals surface area contributed by atoms with Gasteiger partial charge in [-0.05, 0) is 61.6 Å². The molecule has 3 nitrogen and oxygen atoms in total. The molecule has 0 aromatic heterocycles. The molecule has 1 aromatic rings. The van der Waals surface area contributed by atoms with E-state index in [0.29, 0.717) is 12.1 Å². The van der Waals surface area contributed by atoms with Crippen LogP contribution in [0.15, 0.2) is 22.7 Å². The number of nitrogens with zero attached hydrogens (tertiary/aromatic N) is 2. The molecule has 2 rings (SSSR count). The first kappa shape index (κ1) is 14.8. The minimum Gasteiger partial charge on any atom is -0.364 e. The lowest BCUT2D eigenvalue weighted by Crippen LogP contribution is -2.59. The fourth-order valence-electron chi connectivity index (χ4n) is 2.73. The summed E-state index contributed by atoms with van der Waals surface area (Å²) in [6.45, 7) is 7.61. The van der Waals surface area contributed by atoms with Gasteiger partial charge in [-0.2, -0.15) is 0 Å². The predicted molar refractivity (Wildman–Crippen MR) is 86.0 cm³/mol. The van der Waals surface area contributed by atoms with Gasteiger partial charge in [0.25, 0.3) is 0 Å². The molecule has 2 unspecified atom stereocenters. The molecule has 1 aliphatic rings. The summed E-state index contributed by atoms with van der Waals surface area (Å²) in [5.74, 6) is 0. The highest BCUT2D eigenvalue weighted by molar-refractivity contribution is 9.10. The van der Waals surface area contributed by atoms with E-state index in [1.165, 1.54) is 15.7 Å². The second-order valence-electron chi connectivity index (χ2n) is 5.61. The van der Waals surface area contributed by atoms with E-state index in [2.05, 4.69) is 70.1 Å². The average Bonchev–Trinajstić information content (AvgIpc) is 2.34. The molecule has 4 heteroatoms. The Hall–Kier alpha value is -0.580. The second-order valence-corrected chi connectivity index (χ2v) is 6.46. The van der Waals surface area contributed by atoms with Crippen LogP contribution in [0.3, 0.4) is 0 Å². The van der Waals surface area contributed by atoms with Crippen molar-refractivity contribution in [3.8, 4) is 0 Å². The minimum atomic E-state index is 0.519. The topological polar surface area (TPSA) is 18.5 Å². The third kappa shape index (κ3) is 3.30. The highest BCUT2D eigenvalue weighted by atomic mass is 79.9. The number of hydrogen-bond donors (Lipinski definition) is 1. The zero-order chi connectivity index (χ0) is 14.0. The number of benzene rings is 1. The van der Waals surface area contributed by atoms with Crippen molar-refractivity contribution in [1.82, 2.24) is 10.2 Å². The van der Waals surface area contributed by atoms with Crippen LogP contribution in [0.25, 0.3) is 0 Å². The third-order valence-electron chi connectivity index (χ3n) is 4.01. The Morgan fingerprint density at radius 1 is 1.37 bits per heavy atom.